The normalized spacial score (nSPS) is 14.5. The Morgan fingerprint density at radius 2 is 1.86 bits per heavy atom. The number of rotatable bonds is 9. The van der Waals surface area contributed by atoms with Gasteiger partial charge in [0.1, 0.15) is 5.75 Å². The number of likely N-dealkylation sites (tertiary alicyclic amines) is 1. The summed E-state index contributed by atoms with van der Waals surface area (Å²) in [5.74, 6) is 0.665. The van der Waals surface area contributed by atoms with E-state index >= 15 is 0 Å². The number of ether oxygens (including phenoxy) is 1. The van der Waals surface area contributed by atoms with E-state index in [-0.39, 0.29) is 12.1 Å². The van der Waals surface area contributed by atoms with Crippen LogP contribution in [0.4, 0.5) is 10.5 Å². The van der Waals surface area contributed by atoms with E-state index in [0.717, 1.165) is 56.4 Å². The van der Waals surface area contributed by atoms with Gasteiger partial charge in [0.25, 0.3) is 0 Å². The monoisotopic (exact) mass is 472 g/mol. The molecule has 1 aliphatic heterocycles. The predicted molar refractivity (Wildman–Crippen MR) is 141 cm³/mol. The lowest BCUT2D eigenvalue weighted by atomic mass is 10.0. The van der Waals surface area contributed by atoms with E-state index in [1.165, 1.54) is 5.56 Å². The third-order valence-corrected chi connectivity index (χ3v) is 6.71. The Kier molecular flexibility index (Phi) is 8.74. The van der Waals surface area contributed by atoms with Gasteiger partial charge in [-0.3, -0.25) is 4.98 Å². The smallest absolute Gasteiger partial charge is 0.322 e. The standard InChI is InChI=1S/C29H36N4O2/c1-23-12-13-28(35-2)27(20-23)31-29(34)33(22-25-10-6-16-30-21-25)26-14-18-32(19-15-26)17-7-11-24-8-4-3-5-9-24/h3-6,8-10,12-13,16,20-21,26H,7,11,14-15,17-19,22H2,1-2H3,(H,31,34). The van der Waals surface area contributed by atoms with Crippen LogP contribution in [0.15, 0.2) is 73.1 Å². The zero-order valence-electron chi connectivity index (χ0n) is 20.8. The molecule has 0 radical (unpaired) electrons. The molecule has 1 aliphatic rings. The minimum absolute atomic E-state index is 0.0970. The Labute approximate surface area is 208 Å². The summed E-state index contributed by atoms with van der Waals surface area (Å²) >= 11 is 0. The van der Waals surface area contributed by atoms with Crippen LogP contribution in [0.25, 0.3) is 0 Å². The minimum Gasteiger partial charge on any atom is -0.495 e. The van der Waals surface area contributed by atoms with Crippen LogP contribution in [0.5, 0.6) is 5.75 Å². The van der Waals surface area contributed by atoms with Crippen molar-refractivity contribution in [3.05, 3.63) is 89.7 Å². The van der Waals surface area contributed by atoms with Gasteiger partial charge in [-0.25, -0.2) is 4.79 Å². The lowest BCUT2D eigenvalue weighted by Crippen LogP contribution is -2.48. The fraction of sp³-hybridized carbons (Fsp3) is 0.379. The van der Waals surface area contributed by atoms with E-state index in [2.05, 4.69) is 45.5 Å². The summed E-state index contributed by atoms with van der Waals surface area (Å²) < 4.78 is 5.48. The van der Waals surface area contributed by atoms with Crippen molar-refractivity contribution < 1.29 is 9.53 Å². The van der Waals surface area contributed by atoms with Crippen LogP contribution >= 0.6 is 0 Å². The number of urea groups is 1. The molecule has 1 saturated heterocycles. The fourth-order valence-electron chi connectivity index (χ4n) is 4.77. The summed E-state index contributed by atoms with van der Waals surface area (Å²) in [6.45, 7) is 5.65. The number of anilines is 1. The van der Waals surface area contributed by atoms with Gasteiger partial charge in [0.2, 0.25) is 0 Å². The van der Waals surface area contributed by atoms with Gasteiger partial charge in [-0.15, -0.1) is 0 Å². The second-order valence-electron chi connectivity index (χ2n) is 9.29. The largest absolute Gasteiger partial charge is 0.495 e. The van der Waals surface area contributed by atoms with Crippen LogP contribution in [-0.2, 0) is 13.0 Å². The molecule has 0 saturated carbocycles. The quantitative estimate of drug-likeness (QED) is 0.445. The minimum atomic E-state index is -0.0970. The Bertz CT molecular complexity index is 1070. The van der Waals surface area contributed by atoms with Crippen molar-refractivity contribution in [3.63, 3.8) is 0 Å². The topological polar surface area (TPSA) is 57.7 Å². The fourth-order valence-corrected chi connectivity index (χ4v) is 4.77. The van der Waals surface area contributed by atoms with Crippen LogP contribution in [0.2, 0.25) is 0 Å². The zero-order valence-corrected chi connectivity index (χ0v) is 20.8. The number of amides is 2. The van der Waals surface area contributed by atoms with Crippen LogP contribution in [0.3, 0.4) is 0 Å². The number of hydrogen-bond acceptors (Lipinski definition) is 4. The van der Waals surface area contributed by atoms with Crippen molar-refractivity contribution in [2.75, 3.05) is 32.1 Å². The molecule has 1 fully saturated rings. The van der Waals surface area contributed by atoms with Crippen LogP contribution in [0.1, 0.15) is 36.0 Å². The molecular weight excluding hydrogens is 436 g/mol. The van der Waals surface area contributed by atoms with Gasteiger partial charge < -0.3 is 19.9 Å². The van der Waals surface area contributed by atoms with Crippen molar-refractivity contribution in [1.29, 1.82) is 0 Å². The van der Waals surface area contributed by atoms with Crippen molar-refractivity contribution in [2.45, 2.75) is 45.2 Å². The molecule has 184 valence electrons. The number of aromatic nitrogens is 1. The molecule has 1 aromatic heterocycles. The average Bonchev–Trinajstić information content (AvgIpc) is 2.89. The third-order valence-electron chi connectivity index (χ3n) is 6.71. The van der Waals surface area contributed by atoms with Gasteiger partial charge in [0, 0.05) is 38.1 Å². The molecule has 4 rings (SSSR count). The van der Waals surface area contributed by atoms with E-state index in [1.54, 1.807) is 13.3 Å². The molecule has 0 unspecified atom stereocenters. The number of aryl methyl sites for hydroxylation is 2. The molecule has 2 amide bonds. The number of carbonyl (C=O) groups excluding carboxylic acids is 1. The number of methoxy groups -OCH3 is 1. The van der Waals surface area contributed by atoms with Gasteiger partial charge in [0.15, 0.2) is 0 Å². The predicted octanol–water partition coefficient (Wildman–Crippen LogP) is 5.53. The summed E-state index contributed by atoms with van der Waals surface area (Å²) in [6, 6.07) is 20.5. The number of carbonyl (C=O) groups is 1. The Hall–Kier alpha value is -3.38. The lowest BCUT2D eigenvalue weighted by Gasteiger charge is -2.38. The summed E-state index contributed by atoms with van der Waals surface area (Å²) in [7, 11) is 1.63. The number of pyridine rings is 1. The maximum atomic E-state index is 13.5. The highest BCUT2D eigenvalue weighted by atomic mass is 16.5. The first-order valence-corrected chi connectivity index (χ1v) is 12.5. The lowest BCUT2D eigenvalue weighted by molar-refractivity contribution is 0.122. The average molecular weight is 473 g/mol. The molecule has 0 atom stereocenters. The molecule has 2 aromatic carbocycles. The van der Waals surface area contributed by atoms with Crippen molar-refractivity contribution >= 4 is 11.7 Å². The molecule has 6 heteroatoms. The summed E-state index contributed by atoms with van der Waals surface area (Å²) in [5.41, 5.74) is 4.20. The maximum Gasteiger partial charge on any atom is 0.322 e. The Balaban J connectivity index is 1.38. The van der Waals surface area contributed by atoms with E-state index < -0.39 is 0 Å². The molecule has 3 aromatic rings. The molecule has 1 N–H and O–H groups in total. The van der Waals surface area contributed by atoms with E-state index in [1.807, 2.05) is 48.4 Å². The Morgan fingerprint density at radius 1 is 1.09 bits per heavy atom. The van der Waals surface area contributed by atoms with E-state index in [4.69, 9.17) is 4.74 Å². The van der Waals surface area contributed by atoms with Gasteiger partial charge in [-0.05, 0) is 74.0 Å². The third kappa shape index (κ3) is 7.06. The van der Waals surface area contributed by atoms with Crippen molar-refractivity contribution in [3.8, 4) is 5.75 Å². The zero-order chi connectivity index (χ0) is 24.5. The number of hydrogen-bond donors (Lipinski definition) is 1. The first kappa shape index (κ1) is 24.7. The molecule has 0 aliphatic carbocycles. The highest BCUT2D eigenvalue weighted by Gasteiger charge is 2.28. The second kappa shape index (κ2) is 12.4. The number of piperidine rings is 1. The van der Waals surface area contributed by atoms with Crippen molar-refractivity contribution in [2.24, 2.45) is 0 Å². The molecule has 0 bridgehead atoms. The molecule has 6 nitrogen and oxygen atoms in total. The highest BCUT2D eigenvalue weighted by molar-refractivity contribution is 5.91. The maximum absolute atomic E-state index is 13.5. The van der Waals surface area contributed by atoms with Crippen LogP contribution < -0.4 is 10.1 Å². The summed E-state index contributed by atoms with van der Waals surface area (Å²) in [4.78, 5) is 22.3. The number of benzene rings is 2. The van der Waals surface area contributed by atoms with E-state index in [0.29, 0.717) is 18.0 Å². The second-order valence-corrected chi connectivity index (χ2v) is 9.29. The van der Waals surface area contributed by atoms with Crippen molar-refractivity contribution in [1.82, 2.24) is 14.8 Å². The van der Waals surface area contributed by atoms with Crippen LogP contribution in [0, 0.1) is 6.92 Å². The van der Waals surface area contributed by atoms with Gasteiger partial charge in [-0.2, -0.15) is 0 Å². The summed E-state index contributed by atoms with van der Waals surface area (Å²) in [6.07, 6.45) is 7.79. The summed E-state index contributed by atoms with van der Waals surface area (Å²) in [5, 5.41) is 3.11. The molecule has 0 spiro atoms. The van der Waals surface area contributed by atoms with E-state index in [9.17, 15) is 4.79 Å². The van der Waals surface area contributed by atoms with Crippen LogP contribution in [-0.4, -0.2) is 53.6 Å². The van der Waals surface area contributed by atoms with Gasteiger partial charge in [-0.1, -0.05) is 42.5 Å². The Morgan fingerprint density at radius 3 is 2.57 bits per heavy atom. The highest BCUT2D eigenvalue weighted by Crippen LogP contribution is 2.27. The SMILES string of the molecule is COc1ccc(C)cc1NC(=O)N(Cc1cccnc1)C1CCN(CCCc2ccccc2)CC1. The molecule has 2 heterocycles. The first-order chi connectivity index (χ1) is 17.1. The first-order valence-electron chi connectivity index (χ1n) is 12.5. The molecular formula is C29H36N4O2. The molecule has 35 heavy (non-hydrogen) atoms. The number of nitrogens with one attached hydrogen (secondary N) is 1. The van der Waals surface area contributed by atoms with Gasteiger partial charge >= 0.3 is 6.03 Å². The van der Waals surface area contributed by atoms with Gasteiger partial charge in [0.05, 0.1) is 12.8 Å². The number of nitrogens with zero attached hydrogens (tertiary/aromatic N) is 3.